The molecule has 0 unspecified atom stereocenters. The van der Waals surface area contributed by atoms with Crippen molar-refractivity contribution in [3.63, 3.8) is 0 Å². The Kier molecular flexibility index (Phi) is 1.52. The Morgan fingerprint density at radius 3 is 2.57 bits per heavy atom. The summed E-state index contributed by atoms with van der Waals surface area (Å²) in [4.78, 5) is 26.4. The molecule has 0 radical (unpaired) electrons. The van der Waals surface area contributed by atoms with Crippen molar-refractivity contribution < 1.29 is 17.5 Å². The van der Waals surface area contributed by atoms with Crippen LogP contribution in [0.15, 0.2) is 0 Å². The van der Waals surface area contributed by atoms with E-state index in [1.807, 2.05) is 0 Å². The van der Waals surface area contributed by atoms with Gasteiger partial charge < -0.3 is 10.6 Å². The fraction of sp³-hybridized carbons (Fsp3) is 1.00. The third kappa shape index (κ3) is 6.27. The molecule has 0 atom stereocenters. The second kappa shape index (κ2) is 2.55. The van der Waals surface area contributed by atoms with Crippen molar-refractivity contribution >= 4 is 7.94 Å². The molecule has 0 heterocycles. The van der Waals surface area contributed by atoms with Crippen LogP contribution in [0.4, 0.5) is 0 Å². The Morgan fingerprint density at radius 1 is 1.86 bits per heavy atom. The summed E-state index contributed by atoms with van der Waals surface area (Å²) in [5, 5.41) is 0. The van der Waals surface area contributed by atoms with Gasteiger partial charge in [0.25, 0.3) is 0 Å². The van der Waals surface area contributed by atoms with Crippen LogP contribution in [0.25, 0.3) is 0 Å². The molecule has 7 heavy (non-hydrogen) atoms. The zero-order chi connectivity index (χ0) is 7.49. The van der Waals surface area contributed by atoms with E-state index < -0.39 is 14.1 Å². The Hall–Kier alpha value is 0.270. The summed E-state index contributed by atoms with van der Waals surface area (Å²) in [6.45, 7) is -0.232. The Bertz CT molecular complexity index is 84.4. The highest BCUT2D eigenvalue weighted by atomic mass is 31.2. The summed E-state index contributed by atoms with van der Waals surface area (Å²) in [5.41, 5.74) is 0.235. The molecule has 0 aromatic rings. The summed E-state index contributed by atoms with van der Waals surface area (Å²) >= 11 is 0. The normalized spacial score (nSPS) is 16.6. The average molecular weight is 127 g/mol. The van der Waals surface area contributed by atoms with E-state index >= 15 is 0 Å². The smallest absolute Gasteiger partial charge is 0.231 e. The molecule has 0 saturated heterocycles. The highest BCUT2D eigenvalue weighted by Gasteiger charge is 2.14. The minimum absolute atomic E-state index is 0.232. The first-order chi connectivity index (χ1) is 3.92. The van der Waals surface area contributed by atoms with Gasteiger partial charge in [0.15, 0.2) is 0 Å². The van der Waals surface area contributed by atoms with Gasteiger partial charge in [-0.25, -0.2) is 9.79 Å². The lowest BCUT2D eigenvalue weighted by molar-refractivity contribution is -0.207. The van der Waals surface area contributed by atoms with Crippen molar-refractivity contribution in [1.29, 1.82) is 0 Å². The number of hydrogen-bond donors (Lipinski definition) is 3. The van der Waals surface area contributed by atoms with Gasteiger partial charge in [0.05, 0.1) is 0 Å². The Balaban J connectivity index is 3.28. The summed E-state index contributed by atoms with van der Waals surface area (Å²) in [6.07, 6.45) is -0.431. The van der Waals surface area contributed by atoms with Gasteiger partial charge in [0.1, 0.15) is 8.99 Å². The second-order valence-electron chi connectivity index (χ2n) is 1.11. The standard InChI is InChI=1S/C2H8NO3P/c3-1-2-7(4,5)6/h1-3H2,(H2,4,5,6)/i/hD2. The number of rotatable bonds is 3. The van der Waals surface area contributed by atoms with E-state index in [9.17, 15) is 4.89 Å². The maximum Gasteiger partial charge on any atom is 0.231 e. The number of nitrogens with two attached hydrogens (primary N) is 1. The molecular formula is C2H8NO3P. The summed E-state index contributed by atoms with van der Waals surface area (Å²) in [6, 6.07) is 0. The summed E-state index contributed by atoms with van der Waals surface area (Å²) < 4.78 is 12.8. The first-order valence-electron chi connectivity index (χ1n) is 2.61. The molecule has 0 aliphatic rings. The fourth-order valence-electron chi connectivity index (χ4n) is 0.130. The molecule has 0 spiro atoms. The topological polar surface area (TPSA) is 89.5 Å². The third-order valence-electron chi connectivity index (χ3n) is 0.391. The van der Waals surface area contributed by atoms with Gasteiger partial charge in [-0.15, -0.1) is 0 Å². The zero-order valence-corrected chi connectivity index (χ0v) is 4.51. The van der Waals surface area contributed by atoms with Crippen LogP contribution < -0.4 is 10.6 Å². The molecule has 0 rings (SSSR count). The Labute approximate surface area is 45.1 Å². The van der Waals surface area contributed by atoms with Gasteiger partial charge in [-0.1, -0.05) is 0 Å². The van der Waals surface area contributed by atoms with E-state index in [1.165, 1.54) is 0 Å². The van der Waals surface area contributed by atoms with E-state index in [0.717, 1.165) is 0 Å². The van der Waals surface area contributed by atoms with Crippen molar-refractivity contribution in [3.8, 4) is 0 Å². The molecule has 44 valence electrons. The summed E-state index contributed by atoms with van der Waals surface area (Å²) in [7, 11) is -4.00. The molecule has 0 fully saturated rings. The van der Waals surface area contributed by atoms with E-state index in [2.05, 4.69) is 0 Å². The van der Waals surface area contributed by atoms with Crippen LogP contribution in [-0.2, 0) is 0 Å². The van der Waals surface area contributed by atoms with Crippen LogP contribution in [0.1, 0.15) is 0 Å². The van der Waals surface area contributed by atoms with Gasteiger partial charge in [-0.05, 0) is 0 Å². The lowest BCUT2D eigenvalue weighted by Crippen LogP contribution is -2.17. The van der Waals surface area contributed by atoms with Gasteiger partial charge in [-0.3, -0.25) is 0 Å². The fourth-order valence-corrected chi connectivity index (χ4v) is 0.391. The molecule has 4 N–H and O–H groups in total. The van der Waals surface area contributed by atoms with Crippen LogP contribution >= 0.6 is 7.94 Å². The lowest BCUT2D eigenvalue weighted by Gasteiger charge is -2.12. The molecule has 0 aliphatic heterocycles. The van der Waals surface area contributed by atoms with Crippen LogP contribution in [0.3, 0.4) is 0 Å². The number of hydrogen-bond acceptors (Lipinski definition) is 4. The predicted molar refractivity (Wildman–Crippen MR) is 25.3 cm³/mol. The summed E-state index contributed by atoms with van der Waals surface area (Å²) in [5.74, 6) is 0. The molecule has 0 aromatic heterocycles. The monoisotopic (exact) mass is 127 g/mol. The van der Waals surface area contributed by atoms with Crippen molar-refractivity contribution in [3.05, 3.63) is 0 Å². The van der Waals surface area contributed by atoms with E-state index in [1.54, 1.807) is 0 Å². The second-order valence-corrected chi connectivity index (χ2v) is 2.89. The maximum absolute atomic E-state index is 10.0. The third-order valence-corrected chi connectivity index (χ3v) is 1.17. The van der Waals surface area contributed by atoms with Crippen molar-refractivity contribution in [1.82, 2.24) is 0 Å². The molecule has 0 amide bonds. The quantitative estimate of drug-likeness (QED) is 0.384. The minimum Gasteiger partial charge on any atom is -0.632 e. The first kappa shape index (κ1) is 4.18. The van der Waals surface area contributed by atoms with Gasteiger partial charge in [0, 0.05) is 6.54 Å². The van der Waals surface area contributed by atoms with Crippen LogP contribution in [0.5, 0.6) is 0 Å². The van der Waals surface area contributed by atoms with Gasteiger partial charge >= 0.3 is 0 Å². The van der Waals surface area contributed by atoms with Crippen LogP contribution in [0, 0.1) is 0 Å². The van der Waals surface area contributed by atoms with E-state index in [4.69, 9.17) is 12.6 Å². The minimum atomic E-state index is -4.00. The van der Waals surface area contributed by atoms with E-state index in [-0.39, 0.29) is 12.3 Å². The van der Waals surface area contributed by atoms with Gasteiger partial charge in [-0.2, -0.15) is 0 Å². The molecule has 5 heteroatoms. The molecule has 0 aliphatic carbocycles. The van der Waals surface area contributed by atoms with Crippen molar-refractivity contribution in [2.24, 2.45) is 5.72 Å². The SMILES string of the molecule is [2H]N([2H])CC[P+]([O-])(O)O. The highest BCUT2D eigenvalue weighted by Crippen LogP contribution is 2.37. The van der Waals surface area contributed by atoms with Crippen molar-refractivity contribution in [2.45, 2.75) is 0 Å². The van der Waals surface area contributed by atoms with Crippen LogP contribution in [0.2, 0.25) is 2.82 Å². The van der Waals surface area contributed by atoms with Gasteiger partial charge in [0.2, 0.25) is 7.94 Å². The van der Waals surface area contributed by atoms with Crippen molar-refractivity contribution in [2.75, 3.05) is 12.7 Å². The largest absolute Gasteiger partial charge is 0.632 e. The lowest BCUT2D eigenvalue weighted by atomic mass is 10.8. The molecule has 0 aromatic carbocycles. The first-order valence-corrected chi connectivity index (χ1v) is 3.51. The average Bonchev–Trinajstić information content (AvgIpc) is 1.59. The molecule has 0 saturated carbocycles. The molecule has 0 bridgehead atoms. The Morgan fingerprint density at radius 2 is 2.43 bits per heavy atom. The maximum atomic E-state index is 10.0. The highest BCUT2D eigenvalue weighted by molar-refractivity contribution is 7.57. The molecule has 4 nitrogen and oxygen atoms in total. The molecular weight excluding hydrogens is 117 g/mol. The van der Waals surface area contributed by atoms with E-state index in [0.29, 0.717) is 0 Å². The van der Waals surface area contributed by atoms with Crippen LogP contribution in [-0.4, -0.2) is 22.5 Å². The predicted octanol–water partition coefficient (Wildman–Crippen LogP) is -1.95. The zero-order valence-electron chi connectivity index (χ0n) is 5.61.